The molecule has 0 radical (unpaired) electrons. The first-order valence-electron chi connectivity index (χ1n) is 5.60. The van der Waals surface area contributed by atoms with Gasteiger partial charge in [-0.05, 0) is 38.3 Å². The van der Waals surface area contributed by atoms with Crippen LogP contribution < -0.4 is 5.73 Å². The van der Waals surface area contributed by atoms with E-state index in [1.807, 2.05) is 0 Å². The zero-order chi connectivity index (χ0) is 10.4. The van der Waals surface area contributed by atoms with Crippen LogP contribution in [0.3, 0.4) is 0 Å². The van der Waals surface area contributed by atoms with Gasteiger partial charge in [0.25, 0.3) is 0 Å². The second kappa shape index (κ2) is 6.06. The van der Waals surface area contributed by atoms with Crippen molar-refractivity contribution in [2.75, 3.05) is 26.7 Å². The van der Waals surface area contributed by atoms with E-state index in [9.17, 15) is 0 Å². The molecule has 14 heavy (non-hydrogen) atoms. The fraction of sp³-hybridized carbons (Fsp3) is 0.833. The van der Waals surface area contributed by atoms with Gasteiger partial charge in [0, 0.05) is 6.54 Å². The van der Waals surface area contributed by atoms with Gasteiger partial charge in [0.15, 0.2) is 0 Å². The van der Waals surface area contributed by atoms with Gasteiger partial charge in [-0.15, -0.1) is 6.42 Å². The fourth-order valence-electron chi connectivity index (χ4n) is 2.46. The molecule has 0 aliphatic heterocycles. The van der Waals surface area contributed by atoms with Crippen LogP contribution in [0, 0.1) is 24.2 Å². The van der Waals surface area contributed by atoms with E-state index in [0.717, 1.165) is 31.5 Å². The third kappa shape index (κ3) is 3.32. The lowest BCUT2D eigenvalue weighted by Gasteiger charge is -2.33. The van der Waals surface area contributed by atoms with E-state index < -0.39 is 0 Å². The van der Waals surface area contributed by atoms with E-state index >= 15 is 0 Å². The zero-order valence-corrected chi connectivity index (χ0v) is 9.21. The van der Waals surface area contributed by atoms with Crippen molar-refractivity contribution < 1.29 is 0 Å². The largest absolute Gasteiger partial charge is 0.330 e. The van der Waals surface area contributed by atoms with E-state index in [4.69, 9.17) is 12.2 Å². The normalized spacial score (nSPS) is 27.6. The lowest BCUT2D eigenvalue weighted by Crippen LogP contribution is -2.35. The number of nitrogens with zero attached hydrogens (tertiary/aromatic N) is 1. The van der Waals surface area contributed by atoms with Crippen molar-refractivity contribution in [2.24, 2.45) is 17.6 Å². The van der Waals surface area contributed by atoms with Crippen molar-refractivity contribution in [3.05, 3.63) is 0 Å². The molecule has 1 aliphatic carbocycles. The van der Waals surface area contributed by atoms with Crippen LogP contribution in [0.5, 0.6) is 0 Å². The highest BCUT2D eigenvalue weighted by Crippen LogP contribution is 2.29. The molecule has 1 saturated carbocycles. The van der Waals surface area contributed by atoms with Crippen LogP contribution in [0.2, 0.25) is 0 Å². The summed E-state index contributed by atoms with van der Waals surface area (Å²) in [6, 6.07) is 0. The molecular formula is C12H22N2. The van der Waals surface area contributed by atoms with Gasteiger partial charge < -0.3 is 5.73 Å². The molecule has 0 aromatic rings. The molecule has 2 N–H and O–H groups in total. The topological polar surface area (TPSA) is 29.3 Å². The summed E-state index contributed by atoms with van der Waals surface area (Å²) in [5.41, 5.74) is 5.78. The number of nitrogens with two attached hydrogens (primary N) is 1. The number of hydrogen-bond donors (Lipinski definition) is 1. The molecule has 0 amide bonds. The predicted molar refractivity (Wildman–Crippen MR) is 60.8 cm³/mol. The van der Waals surface area contributed by atoms with Crippen molar-refractivity contribution in [1.29, 1.82) is 0 Å². The average Bonchev–Trinajstić information content (AvgIpc) is 2.19. The Labute approximate surface area is 87.8 Å². The molecule has 2 heteroatoms. The Hall–Kier alpha value is -0.520. The number of terminal acetylenes is 1. The van der Waals surface area contributed by atoms with E-state index in [1.54, 1.807) is 0 Å². The van der Waals surface area contributed by atoms with Crippen LogP contribution >= 0.6 is 0 Å². The summed E-state index contributed by atoms with van der Waals surface area (Å²) in [5.74, 6) is 4.18. The number of hydrogen-bond acceptors (Lipinski definition) is 2. The lowest BCUT2D eigenvalue weighted by atomic mass is 9.79. The van der Waals surface area contributed by atoms with E-state index in [0.29, 0.717) is 0 Å². The molecule has 0 saturated heterocycles. The number of rotatable bonds is 4. The van der Waals surface area contributed by atoms with Gasteiger partial charge in [-0.25, -0.2) is 0 Å². The average molecular weight is 194 g/mol. The summed E-state index contributed by atoms with van der Waals surface area (Å²) in [6.45, 7) is 2.72. The third-order valence-corrected chi connectivity index (χ3v) is 3.28. The van der Waals surface area contributed by atoms with Gasteiger partial charge in [0.05, 0.1) is 6.54 Å². The fourth-order valence-corrected chi connectivity index (χ4v) is 2.46. The Balaban J connectivity index is 2.36. The monoisotopic (exact) mass is 194 g/mol. The van der Waals surface area contributed by atoms with Crippen LogP contribution in [0.15, 0.2) is 0 Å². The molecule has 0 aromatic carbocycles. The summed E-state index contributed by atoms with van der Waals surface area (Å²) in [6.07, 6.45) is 10.7. The van der Waals surface area contributed by atoms with Crippen LogP contribution in [0.4, 0.5) is 0 Å². The molecule has 1 aliphatic rings. The standard InChI is InChI=1S/C12H22N2/c1-3-8-14(2)10-12-7-5-4-6-11(12)9-13/h1,11-12H,4-10,13H2,2H3. The minimum absolute atomic E-state index is 0.726. The first-order chi connectivity index (χ1) is 6.77. The van der Waals surface area contributed by atoms with Gasteiger partial charge in [-0.1, -0.05) is 18.8 Å². The SMILES string of the molecule is C#CCN(C)CC1CCCCC1CN. The molecule has 2 unspecified atom stereocenters. The quantitative estimate of drug-likeness (QED) is 0.684. The van der Waals surface area contributed by atoms with Crippen LogP contribution in [-0.4, -0.2) is 31.6 Å². The summed E-state index contributed by atoms with van der Waals surface area (Å²) in [4.78, 5) is 2.23. The van der Waals surface area contributed by atoms with E-state index in [2.05, 4.69) is 17.9 Å². The zero-order valence-electron chi connectivity index (χ0n) is 9.21. The summed E-state index contributed by atoms with van der Waals surface area (Å²) >= 11 is 0. The summed E-state index contributed by atoms with van der Waals surface area (Å²) in [7, 11) is 2.10. The van der Waals surface area contributed by atoms with Crippen molar-refractivity contribution in [1.82, 2.24) is 4.90 Å². The summed E-state index contributed by atoms with van der Waals surface area (Å²) in [5, 5.41) is 0. The van der Waals surface area contributed by atoms with E-state index in [-0.39, 0.29) is 0 Å². The Bertz CT molecular complexity index is 195. The Morgan fingerprint density at radius 2 is 2.00 bits per heavy atom. The molecule has 2 atom stereocenters. The minimum Gasteiger partial charge on any atom is -0.330 e. The Kier molecular flexibility index (Phi) is 5.00. The molecule has 1 rings (SSSR count). The van der Waals surface area contributed by atoms with Gasteiger partial charge in [0.1, 0.15) is 0 Å². The molecule has 1 fully saturated rings. The van der Waals surface area contributed by atoms with Crippen molar-refractivity contribution in [3.63, 3.8) is 0 Å². The minimum atomic E-state index is 0.726. The first-order valence-corrected chi connectivity index (χ1v) is 5.60. The molecule has 0 spiro atoms. The maximum absolute atomic E-state index is 5.78. The Morgan fingerprint density at radius 1 is 1.36 bits per heavy atom. The molecular weight excluding hydrogens is 172 g/mol. The second-order valence-electron chi connectivity index (χ2n) is 4.44. The van der Waals surface area contributed by atoms with Gasteiger partial charge in [0.2, 0.25) is 0 Å². The molecule has 80 valence electrons. The maximum atomic E-state index is 5.78. The molecule has 0 bridgehead atoms. The second-order valence-corrected chi connectivity index (χ2v) is 4.44. The highest BCUT2D eigenvalue weighted by molar-refractivity contribution is 4.88. The van der Waals surface area contributed by atoms with Crippen molar-refractivity contribution >= 4 is 0 Å². The predicted octanol–water partition coefficient (Wildman–Crippen LogP) is 1.32. The van der Waals surface area contributed by atoms with Crippen molar-refractivity contribution in [2.45, 2.75) is 25.7 Å². The van der Waals surface area contributed by atoms with Gasteiger partial charge in [-0.3, -0.25) is 4.90 Å². The van der Waals surface area contributed by atoms with Crippen LogP contribution in [0.1, 0.15) is 25.7 Å². The maximum Gasteiger partial charge on any atom is 0.0596 e. The van der Waals surface area contributed by atoms with Crippen molar-refractivity contribution in [3.8, 4) is 12.3 Å². The third-order valence-electron chi connectivity index (χ3n) is 3.28. The molecule has 2 nitrogen and oxygen atoms in total. The smallest absolute Gasteiger partial charge is 0.0596 e. The van der Waals surface area contributed by atoms with E-state index in [1.165, 1.54) is 25.7 Å². The lowest BCUT2D eigenvalue weighted by molar-refractivity contribution is 0.183. The van der Waals surface area contributed by atoms with Crippen LogP contribution in [-0.2, 0) is 0 Å². The van der Waals surface area contributed by atoms with Gasteiger partial charge >= 0.3 is 0 Å². The highest BCUT2D eigenvalue weighted by atomic mass is 15.1. The van der Waals surface area contributed by atoms with Crippen LogP contribution in [0.25, 0.3) is 0 Å². The molecule has 0 aromatic heterocycles. The highest BCUT2D eigenvalue weighted by Gasteiger charge is 2.24. The first kappa shape index (κ1) is 11.6. The van der Waals surface area contributed by atoms with Gasteiger partial charge in [-0.2, -0.15) is 0 Å². The molecule has 0 heterocycles. The Morgan fingerprint density at radius 3 is 2.57 bits per heavy atom. The summed E-state index contributed by atoms with van der Waals surface area (Å²) < 4.78 is 0.